The van der Waals surface area contributed by atoms with Gasteiger partial charge in [0.15, 0.2) is 0 Å². The third-order valence-electron chi connectivity index (χ3n) is 11.0. The van der Waals surface area contributed by atoms with E-state index in [1.165, 1.54) is 19.3 Å². The monoisotopic (exact) mass is 699 g/mol. The molecule has 1 amide bonds. The van der Waals surface area contributed by atoms with E-state index in [-0.39, 0.29) is 36.8 Å². The lowest BCUT2D eigenvalue weighted by atomic mass is 9.85. The lowest BCUT2D eigenvalue weighted by Gasteiger charge is -2.39. The highest BCUT2D eigenvalue weighted by molar-refractivity contribution is 5.91. The Morgan fingerprint density at radius 3 is 2.45 bits per heavy atom. The number of benzene rings is 1. The van der Waals surface area contributed by atoms with Gasteiger partial charge in [-0.05, 0) is 102 Å². The molecule has 0 saturated carbocycles. The summed E-state index contributed by atoms with van der Waals surface area (Å²) < 4.78 is 19.0. The Bertz CT molecular complexity index is 1930. The van der Waals surface area contributed by atoms with Gasteiger partial charge >= 0.3 is 18.0 Å². The van der Waals surface area contributed by atoms with E-state index in [1.807, 2.05) is 32.9 Å². The average Bonchev–Trinajstić information content (AvgIpc) is 3.49. The summed E-state index contributed by atoms with van der Waals surface area (Å²) in [5, 5.41) is 3.96. The van der Waals surface area contributed by atoms with Crippen molar-refractivity contribution in [3.63, 3.8) is 0 Å². The third kappa shape index (κ3) is 6.52. The number of nitrogens with one attached hydrogen (secondary N) is 1. The molecule has 272 valence electrons. The molecule has 1 aromatic carbocycles. The summed E-state index contributed by atoms with van der Waals surface area (Å²) in [5.74, 6) is -0.858. The molecular formula is C39H49N5O7. The Hall–Kier alpha value is -4.29. The Morgan fingerprint density at radius 2 is 1.76 bits per heavy atom. The van der Waals surface area contributed by atoms with E-state index in [0.717, 1.165) is 42.4 Å². The van der Waals surface area contributed by atoms with Crippen LogP contribution < -0.4 is 15.6 Å². The summed E-state index contributed by atoms with van der Waals surface area (Å²) in [6, 6.07) is 7.79. The normalized spacial score (nSPS) is 20.8. The van der Waals surface area contributed by atoms with Crippen LogP contribution in [0.2, 0.25) is 0 Å². The molecule has 2 aromatic heterocycles. The number of cyclic esters (lactones) is 1. The maximum atomic E-state index is 14.1. The van der Waals surface area contributed by atoms with Gasteiger partial charge < -0.3 is 33.9 Å². The first-order valence-electron chi connectivity index (χ1n) is 18.5. The molecule has 3 aromatic rings. The van der Waals surface area contributed by atoms with Crippen LogP contribution in [0.3, 0.4) is 0 Å². The number of amides is 1. The van der Waals surface area contributed by atoms with Crippen molar-refractivity contribution in [1.29, 1.82) is 0 Å². The van der Waals surface area contributed by atoms with E-state index in [2.05, 4.69) is 17.1 Å². The van der Waals surface area contributed by atoms with E-state index in [4.69, 9.17) is 19.2 Å². The van der Waals surface area contributed by atoms with Crippen molar-refractivity contribution in [2.24, 2.45) is 0 Å². The molecule has 7 rings (SSSR count). The van der Waals surface area contributed by atoms with Gasteiger partial charge in [-0.15, -0.1) is 0 Å². The number of carbonyl (C=O) groups excluding carboxylic acids is 3. The van der Waals surface area contributed by atoms with E-state index in [9.17, 15) is 19.2 Å². The third-order valence-corrected chi connectivity index (χ3v) is 11.0. The molecular weight excluding hydrogens is 650 g/mol. The number of likely N-dealkylation sites (tertiary alicyclic amines) is 2. The number of hydrogen-bond donors (Lipinski definition) is 1. The van der Waals surface area contributed by atoms with Crippen LogP contribution in [-0.4, -0.2) is 81.7 Å². The van der Waals surface area contributed by atoms with Crippen molar-refractivity contribution in [3.8, 4) is 17.1 Å². The number of aryl methyl sites for hydroxylation is 1. The van der Waals surface area contributed by atoms with Crippen LogP contribution in [0.25, 0.3) is 22.3 Å². The van der Waals surface area contributed by atoms with Gasteiger partial charge in [0.05, 0.1) is 35.6 Å². The number of ether oxygens (including phenoxy) is 3. The van der Waals surface area contributed by atoms with Crippen LogP contribution in [-0.2, 0) is 44.2 Å². The van der Waals surface area contributed by atoms with Crippen molar-refractivity contribution < 1.29 is 28.6 Å². The molecule has 51 heavy (non-hydrogen) atoms. The molecule has 2 saturated heterocycles. The van der Waals surface area contributed by atoms with Gasteiger partial charge in [0.25, 0.3) is 5.56 Å². The van der Waals surface area contributed by atoms with Crippen molar-refractivity contribution >= 4 is 28.9 Å². The Labute approximate surface area is 298 Å². The average molecular weight is 700 g/mol. The van der Waals surface area contributed by atoms with Crippen LogP contribution in [0.1, 0.15) is 95.4 Å². The van der Waals surface area contributed by atoms with Gasteiger partial charge in [0.2, 0.25) is 5.60 Å². The van der Waals surface area contributed by atoms with Crippen LogP contribution in [0, 0.1) is 0 Å². The molecule has 4 aliphatic rings. The lowest BCUT2D eigenvalue weighted by Crippen LogP contribution is -2.49. The topological polar surface area (TPSA) is 132 Å². The van der Waals surface area contributed by atoms with Crippen molar-refractivity contribution in [1.82, 2.24) is 24.7 Å². The van der Waals surface area contributed by atoms with Gasteiger partial charge in [-0.3, -0.25) is 9.59 Å². The van der Waals surface area contributed by atoms with Gasteiger partial charge in [-0.25, -0.2) is 14.6 Å². The minimum Gasteiger partial charge on any atom is -0.457 e. The van der Waals surface area contributed by atoms with Crippen molar-refractivity contribution in [2.75, 3.05) is 32.7 Å². The highest BCUT2D eigenvalue weighted by atomic mass is 16.6. The van der Waals surface area contributed by atoms with Crippen LogP contribution in [0.15, 0.2) is 29.1 Å². The fraction of sp³-hybridized carbons (Fsp3) is 0.564. The zero-order valence-electron chi connectivity index (χ0n) is 30.4. The predicted molar refractivity (Wildman–Crippen MR) is 192 cm³/mol. The number of nitrogens with zero attached hydrogens (tertiary/aromatic N) is 4. The highest BCUT2D eigenvalue weighted by Crippen LogP contribution is 2.42. The molecule has 0 radical (unpaired) electrons. The molecule has 4 aliphatic heterocycles. The first-order chi connectivity index (χ1) is 24.4. The summed E-state index contributed by atoms with van der Waals surface area (Å²) in [4.78, 5) is 63.2. The summed E-state index contributed by atoms with van der Waals surface area (Å²) >= 11 is 0. The summed E-state index contributed by atoms with van der Waals surface area (Å²) in [6.07, 6.45) is 6.17. The molecule has 0 bridgehead atoms. The maximum Gasteiger partial charge on any atom is 0.415 e. The molecule has 2 fully saturated rings. The minimum absolute atomic E-state index is 0.0964. The molecule has 0 aliphatic carbocycles. The SMILES string of the molecule is CCc1c2c(nc3ccc(OC(=O)N4CCC(N5CCCCC5)CC4)cc13)-c1cc3c(c(=O)n1C2)COC(=O)[C@@]3(CC)OC(=O)CNC(C)(C)C. The Kier molecular flexibility index (Phi) is 9.43. The number of fused-ring (bicyclic) bond motifs is 5. The molecule has 12 heteroatoms. The number of esters is 2. The Balaban J connectivity index is 1.17. The van der Waals surface area contributed by atoms with Crippen molar-refractivity contribution in [2.45, 2.75) is 110 Å². The smallest absolute Gasteiger partial charge is 0.415 e. The second-order valence-electron chi connectivity index (χ2n) is 15.3. The number of piperidine rings is 2. The summed E-state index contributed by atoms with van der Waals surface area (Å²) in [5.41, 5.74) is 2.04. The molecule has 12 nitrogen and oxygen atoms in total. The maximum absolute atomic E-state index is 14.1. The fourth-order valence-corrected chi connectivity index (χ4v) is 8.20. The Morgan fingerprint density at radius 1 is 1.02 bits per heavy atom. The van der Waals surface area contributed by atoms with Crippen LogP contribution in [0.5, 0.6) is 5.75 Å². The predicted octanol–water partition coefficient (Wildman–Crippen LogP) is 5.03. The first-order valence-corrected chi connectivity index (χ1v) is 18.5. The highest BCUT2D eigenvalue weighted by Gasteiger charge is 2.50. The summed E-state index contributed by atoms with van der Waals surface area (Å²) in [7, 11) is 0. The fourth-order valence-electron chi connectivity index (χ4n) is 8.20. The van der Waals surface area contributed by atoms with E-state index in [0.29, 0.717) is 65.9 Å². The standard InChI is InChI=1S/C39H49N5O7/c1-6-26-27-19-25(50-37(48)43-17-13-24(14-18-43)42-15-9-8-10-16-42)11-12-31(27)41-34-28(26)22-44-32(34)20-30-29(35(44)46)23-49-36(47)39(30,7-2)51-33(45)21-40-38(3,4)5/h11-12,19-20,24,40H,6-10,13-18,21-23H2,1-5H3/t39-/m0/s1. The molecule has 1 atom stereocenters. The number of pyridine rings is 2. The van der Waals surface area contributed by atoms with E-state index >= 15 is 0 Å². The van der Waals surface area contributed by atoms with Gasteiger partial charge in [-0.2, -0.15) is 0 Å². The molecule has 0 unspecified atom stereocenters. The zero-order valence-corrected chi connectivity index (χ0v) is 30.4. The number of rotatable bonds is 7. The minimum atomic E-state index is -1.76. The quantitative estimate of drug-likeness (QED) is 0.262. The second-order valence-corrected chi connectivity index (χ2v) is 15.3. The van der Waals surface area contributed by atoms with Gasteiger partial charge in [0.1, 0.15) is 12.4 Å². The molecule has 1 N–H and O–H groups in total. The summed E-state index contributed by atoms with van der Waals surface area (Å²) in [6.45, 7) is 13.2. The first kappa shape index (κ1) is 35.1. The molecule has 6 heterocycles. The largest absolute Gasteiger partial charge is 0.457 e. The number of aromatic nitrogens is 2. The lowest BCUT2D eigenvalue weighted by molar-refractivity contribution is -0.189. The van der Waals surface area contributed by atoms with Gasteiger partial charge in [0, 0.05) is 41.2 Å². The van der Waals surface area contributed by atoms with Crippen LogP contribution in [0.4, 0.5) is 4.79 Å². The second kappa shape index (κ2) is 13.7. The zero-order chi connectivity index (χ0) is 36.1. The van der Waals surface area contributed by atoms with Gasteiger partial charge in [-0.1, -0.05) is 20.3 Å². The van der Waals surface area contributed by atoms with E-state index in [1.54, 1.807) is 28.5 Å². The number of hydrogen-bond acceptors (Lipinski definition) is 10. The van der Waals surface area contributed by atoms with Crippen molar-refractivity contribution in [3.05, 3.63) is 56.9 Å². The number of carbonyl (C=O) groups is 3. The van der Waals surface area contributed by atoms with E-state index < -0.39 is 17.5 Å². The molecule has 0 spiro atoms. The van der Waals surface area contributed by atoms with Crippen LogP contribution >= 0.6 is 0 Å².